The van der Waals surface area contributed by atoms with E-state index in [2.05, 4.69) is 43.1 Å². The van der Waals surface area contributed by atoms with Crippen LogP contribution in [0.3, 0.4) is 0 Å². The van der Waals surface area contributed by atoms with Crippen LogP contribution in [0, 0.1) is 6.92 Å². The molecular weight excluding hydrogens is 514 g/mol. The Morgan fingerprint density at radius 1 is 1.00 bits per heavy atom. The molecule has 0 saturated carbocycles. The van der Waals surface area contributed by atoms with Gasteiger partial charge in [0.2, 0.25) is 0 Å². The quantitative estimate of drug-likeness (QED) is 0.240. The number of thioether (sulfide) groups is 1. The number of fused-ring (bicyclic) bond motifs is 1. The van der Waals surface area contributed by atoms with Crippen molar-refractivity contribution >= 4 is 35.3 Å². The van der Waals surface area contributed by atoms with Crippen molar-refractivity contribution in [2.45, 2.75) is 70.0 Å². The van der Waals surface area contributed by atoms with Crippen LogP contribution in [0.5, 0.6) is 0 Å². The largest absolute Gasteiger partial charge is 0.352 e. The smallest absolute Gasteiger partial charge is 0.265 e. The van der Waals surface area contributed by atoms with E-state index in [1.54, 1.807) is 0 Å². The van der Waals surface area contributed by atoms with Crippen LogP contribution >= 0.6 is 11.8 Å². The number of hydrogen-bond donors (Lipinski definition) is 1. The Balaban J connectivity index is 1.34. The zero-order valence-electron chi connectivity index (χ0n) is 23.7. The van der Waals surface area contributed by atoms with E-state index in [-0.39, 0.29) is 11.8 Å². The Labute approximate surface area is 242 Å². The molecule has 0 aliphatic carbocycles. The molecule has 40 heavy (non-hydrogen) atoms. The molecule has 6 heteroatoms. The van der Waals surface area contributed by atoms with Crippen molar-refractivity contribution < 1.29 is 9.59 Å². The number of benzene rings is 3. The fourth-order valence-corrected chi connectivity index (χ4v) is 6.82. The third-order valence-electron chi connectivity index (χ3n) is 7.96. The van der Waals surface area contributed by atoms with E-state index in [4.69, 9.17) is 0 Å². The van der Waals surface area contributed by atoms with E-state index < -0.39 is 0 Å². The summed E-state index contributed by atoms with van der Waals surface area (Å²) in [7, 11) is 0. The number of amides is 2. The first-order valence-electron chi connectivity index (χ1n) is 14.4. The summed E-state index contributed by atoms with van der Waals surface area (Å²) in [5.74, 6) is -0.147. The lowest BCUT2D eigenvalue weighted by Crippen LogP contribution is -2.44. The van der Waals surface area contributed by atoms with E-state index in [1.807, 2.05) is 71.6 Å². The van der Waals surface area contributed by atoms with Crippen LogP contribution in [0.15, 0.2) is 82.6 Å². The maximum absolute atomic E-state index is 13.8. The van der Waals surface area contributed by atoms with Gasteiger partial charge in [0.15, 0.2) is 0 Å². The van der Waals surface area contributed by atoms with Gasteiger partial charge in [0, 0.05) is 35.6 Å². The summed E-state index contributed by atoms with van der Waals surface area (Å²) in [4.78, 5) is 33.0. The number of nitrogens with one attached hydrogen (secondary N) is 1. The number of anilines is 1. The van der Waals surface area contributed by atoms with Gasteiger partial charge in [-0.1, -0.05) is 78.3 Å². The first kappa shape index (κ1) is 28.2. The van der Waals surface area contributed by atoms with E-state index in [9.17, 15) is 9.59 Å². The second-order valence-corrected chi connectivity index (χ2v) is 12.1. The zero-order chi connectivity index (χ0) is 28.1. The summed E-state index contributed by atoms with van der Waals surface area (Å²) in [6, 6.07) is 25.1. The number of aryl methyl sites for hydroxylation is 1. The molecule has 1 N–H and O–H groups in total. The molecule has 2 atom stereocenters. The first-order valence-corrected chi connectivity index (χ1v) is 15.2. The number of carbonyl (C=O) groups excluding carboxylic acids is 2. The van der Waals surface area contributed by atoms with Gasteiger partial charge in [-0.15, -0.1) is 0 Å². The Kier molecular flexibility index (Phi) is 9.08. The van der Waals surface area contributed by atoms with Crippen LogP contribution < -0.4 is 10.2 Å². The van der Waals surface area contributed by atoms with Gasteiger partial charge in [-0.3, -0.25) is 14.5 Å². The van der Waals surface area contributed by atoms with Crippen molar-refractivity contribution in [3.63, 3.8) is 0 Å². The number of likely N-dealkylation sites (tertiary alicyclic amines) is 1. The molecule has 2 aliphatic heterocycles. The number of piperidine rings is 1. The molecule has 2 amide bonds. The number of carbonyl (C=O) groups is 2. The van der Waals surface area contributed by atoms with Crippen LogP contribution in [-0.4, -0.2) is 41.9 Å². The molecule has 0 bridgehead atoms. The van der Waals surface area contributed by atoms with E-state index in [1.165, 1.54) is 31.0 Å². The highest BCUT2D eigenvalue weighted by Gasteiger charge is 2.30. The molecule has 2 unspecified atom stereocenters. The fourth-order valence-electron chi connectivity index (χ4n) is 5.78. The molecule has 2 aliphatic rings. The van der Waals surface area contributed by atoms with Gasteiger partial charge in [-0.25, -0.2) is 0 Å². The van der Waals surface area contributed by atoms with Crippen LogP contribution in [-0.2, 0) is 11.3 Å². The lowest BCUT2D eigenvalue weighted by molar-refractivity contribution is -0.114. The minimum atomic E-state index is -0.0962. The Morgan fingerprint density at radius 2 is 1.77 bits per heavy atom. The van der Waals surface area contributed by atoms with Gasteiger partial charge in [0.05, 0.1) is 17.1 Å². The average molecular weight is 554 g/mol. The van der Waals surface area contributed by atoms with Crippen molar-refractivity contribution in [2.24, 2.45) is 0 Å². The predicted molar refractivity (Wildman–Crippen MR) is 166 cm³/mol. The summed E-state index contributed by atoms with van der Waals surface area (Å²) < 4.78 is 0. The molecule has 0 spiro atoms. The molecule has 5 rings (SSSR count). The summed E-state index contributed by atoms with van der Waals surface area (Å²) in [6.07, 6.45) is 6.68. The molecule has 5 nitrogen and oxygen atoms in total. The van der Waals surface area contributed by atoms with Gasteiger partial charge in [0.1, 0.15) is 0 Å². The lowest BCUT2D eigenvalue weighted by Gasteiger charge is -2.39. The number of nitrogens with zero attached hydrogens (tertiary/aromatic N) is 2. The number of hydrogen-bond acceptors (Lipinski definition) is 4. The minimum absolute atomic E-state index is 0.0508. The predicted octanol–water partition coefficient (Wildman–Crippen LogP) is 7.06. The Hall–Kier alpha value is -3.35. The van der Waals surface area contributed by atoms with Crippen LogP contribution in [0.2, 0.25) is 0 Å². The van der Waals surface area contributed by atoms with E-state index >= 15 is 0 Å². The topological polar surface area (TPSA) is 52.7 Å². The van der Waals surface area contributed by atoms with Gasteiger partial charge >= 0.3 is 0 Å². The average Bonchev–Trinajstić information content (AvgIpc) is 2.95. The molecular formula is C34H39N3O2S. The van der Waals surface area contributed by atoms with Gasteiger partial charge in [-0.2, -0.15) is 0 Å². The minimum Gasteiger partial charge on any atom is -0.352 e. The highest BCUT2D eigenvalue weighted by Crippen LogP contribution is 2.43. The first-order chi connectivity index (χ1) is 19.4. The zero-order valence-corrected chi connectivity index (χ0v) is 24.5. The van der Waals surface area contributed by atoms with Crippen LogP contribution in [0.25, 0.3) is 6.08 Å². The second kappa shape index (κ2) is 12.9. The SMILES string of the molecule is Cc1cccc(CN2C(=O)C(=Cc3ccccc3)Sc3ccc(C(=O)NCCCN4C(C)CCCC4C)cc32)c1. The Morgan fingerprint density at radius 3 is 2.52 bits per heavy atom. The molecule has 1 fully saturated rings. The summed E-state index contributed by atoms with van der Waals surface area (Å²) >= 11 is 1.47. The number of rotatable bonds is 8. The van der Waals surface area contributed by atoms with E-state index in [0.717, 1.165) is 40.2 Å². The Bertz CT molecular complexity index is 1380. The normalized spacial score (nSPS) is 20.4. The van der Waals surface area contributed by atoms with Crippen LogP contribution in [0.4, 0.5) is 5.69 Å². The van der Waals surface area contributed by atoms with Crippen LogP contribution in [0.1, 0.15) is 66.6 Å². The molecule has 3 aromatic carbocycles. The van der Waals surface area contributed by atoms with Crippen molar-refractivity contribution in [1.82, 2.24) is 10.2 Å². The van der Waals surface area contributed by atoms with E-state index in [0.29, 0.717) is 35.6 Å². The van der Waals surface area contributed by atoms with Gasteiger partial charge in [-0.05, 0) is 75.4 Å². The van der Waals surface area contributed by atoms with Crippen molar-refractivity contribution in [2.75, 3.05) is 18.0 Å². The third kappa shape index (κ3) is 6.68. The lowest BCUT2D eigenvalue weighted by atomic mass is 9.97. The molecule has 0 aromatic heterocycles. The summed E-state index contributed by atoms with van der Waals surface area (Å²) in [6.45, 7) is 8.75. The van der Waals surface area contributed by atoms with Crippen molar-refractivity contribution in [3.05, 3.63) is 100.0 Å². The molecule has 1 saturated heterocycles. The van der Waals surface area contributed by atoms with Crippen molar-refractivity contribution in [3.8, 4) is 0 Å². The summed E-state index contributed by atoms with van der Waals surface area (Å²) in [5, 5.41) is 3.11. The third-order valence-corrected chi connectivity index (χ3v) is 9.04. The maximum Gasteiger partial charge on any atom is 0.265 e. The standard InChI is InChI=1S/C34H39N3O2S/c1-24-10-7-15-28(20-24)23-37-30-22-29(33(38)35-18-9-19-36-25(2)11-8-12-26(36)3)16-17-31(30)40-32(34(37)39)21-27-13-5-4-6-14-27/h4-7,10,13-17,20-22,25-26H,8-9,11-12,18-19,23H2,1-3H3,(H,35,38). The van der Waals surface area contributed by atoms with Gasteiger partial charge < -0.3 is 10.2 Å². The molecule has 3 aromatic rings. The summed E-state index contributed by atoms with van der Waals surface area (Å²) in [5.41, 5.74) is 4.56. The van der Waals surface area contributed by atoms with Gasteiger partial charge in [0.25, 0.3) is 11.8 Å². The molecule has 208 valence electrons. The molecule has 0 radical (unpaired) electrons. The molecule has 2 heterocycles. The monoisotopic (exact) mass is 553 g/mol. The second-order valence-electron chi connectivity index (χ2n) is 11.1. The highest BCUT2D eigenvalue weighted by atomic mass is 32.2. The maximum atomic E-state index is 13.8. The fraction of sp³-hybridized carbons (Fsp3) is 0.353. The van der Waals surface area contributed by atoms with Crippen molar-refractivity contribution in [1.29, 1.82) is 0 Å². The highest BCUT2D eigenvalue weighted by molar-refractivity contribution is 8.04.